The van der Waals surface area contributed by atoms with Gasteiger partial charge < -0.3 is 25.2 Å². The van der Waals surface area contributed by atoms with Crippen LogP contribution >= 0.6 is 0 Å². The lowest BCUT2D eigenvalue weighted by molar-refractivity contribution is -0.188. The van der Waals surface area contributed by atoms with E-state index in [0.717, 1.165) is 19.3 Å². The molecule has 92 valence electrons. The molecule has 0 radical (unpaired) electrons. The minimum Gasteiger partial charge on any atom is -0.394 e. The fourth-order valence-electron chi connectivity index (χ4n) is 3.90. The third-order valence-electron chi connectivity index (χ3n) is 4.82. The zero-order valence-electron chi connectivity index (χ0n) is 9.09. The molecule has 3 fully saturated rings. The zero-order chi connectivity index (χ0) is 11.6. The molecule has 5 nitrogen and oxygen atoms in total. The van der Waals surface area contributed by atoms with E-state index in [0.29, 0.717) is 12.8 Å². The summed E-state index contributed by atoms with van der Waals surface area (Å²) < 4.78 is 5.29. The van der Waals surface area contributed by atoms with Crippen LogP contribution in [-0.4, -0.2) is 50.6 Å². The van der Waals surface area contributed by atoms with Gasteiger partial charge in [0.05, 0.1) is 12.0 Å². The van der Waals surface area contributed by atoms with E-state index in [9.17, 15) is 15.3 Å². The van der Waals surface area contributed by atoms with Crippen LogP contribution < -0.4 is 0 Å². The van der Waals surface area contributed by atoms with Gasteiger partial charge in [-0.15, -0.1) is 0 Å². The molecular formula is C11H18O5. The molecule has 0 amide bonds. The Morgan fingerprint density at radius 1 is 1.12 bits per heavy atom. The Kier molecular flexibility index (Phi) is 2.03. The SMILES string of the molecule is OC[C@H]1OC2(O)C3(CCCCC3)[C@@]2(O)[C@H]1O. The number of hydrogen-bond donors (Lipinski definition) is 4. The lowest BCUT2D eigenvalue weighted by atomic mass is 9.80. The summed E-state index contributed by atoms with van der Waals surface area (Å²) in [6.45, 7) is -0.387. The summed E-state index contributed by atoms with van der Waals surface area (Å²) in [7, 11) is 0. The van der Waals surface area contributed by atoms with Crippen molar-refractivity contribution in [1.29, 1.82) is 0 Å². The van der Waals surface area contributed by atoms with Crippen LogP contribution in [0.25, 0.3) is 0 Å². The maximum Gasteiger partial charge on any atom is 0.207 e. The van der Waals surface area contributed by atoms with E-state index >= 15 is 0 Å². The van der Waals surface area contributed by atoms with Crippen molar-refractivity contribution < 1.29 is 25.2 Å². The van der Waals surface area contributed by atoms with Gasteiger partial charge in [-0.05, 0) is 12.8 Å². The zero-order valence-corrected chi connectivity index (χ0v) is 9.09. The molecule has 1 heterocycles. The highest BCUT2D eigenvalue weighted by atomic mass is 16.7. The second-order valence-corrected chi connectivity index (χ2v) is 5.34. The first-order valence-electron chi connectivity index (χ1n) is 5.95. The van der Waals surface area contributed by atoms with Gasteiger partial charge in [-0.3, -0.25) is 0 Å². The molecular weight excluding hydrogens is 212 g/mol. The van der Waals surface area contributed by atoms with Crippen LogP contribution in [0.2, 0.25) is 0 Å². The van der Waals surface area contributed by atoms with Gasteiger partial charge in [0.2, 0.25) is 5.79 Å². The van der Waals surface area contributed by atoms with Crippen LogP contribution in [0.3, 0.4) is 0 Å². The van der Waals surface area contributed by atoms with Crippen LogP contribution in [0.1, 0.15) is 32.1 Å². The van der Waals surface area contributed by atoms with Crippen molar-refractivity contribution >= 4 is 0 Å². The van der Waals surface area contributed by atoms with E-state index in [4.69, 9.17) is 9.84 Å². The molecule has 0 aromatic heterocycles. The predicted molar refractivity (Wildman–Crippen MR) is 53.4 cm³/mol. The third-order valence-corrected chi connectivity index (χ3v) is 4.82. The molecule has 1 saturated heterocycles. The molecule has 4 N–H and O–H groups in total. The standard InChI is InChI=1S/C11H18O5/c12-6-7-8(13)10(14)9(11(10,15)16-7)4-2-1-3-5-9/h7-8,12-15H,1-6H2/t7-,8+,10+,11?/m1/s1. The summed E-state index contributed by atoms with van der Waals surface area (Å²) in [4.78, 5) is 0. The Morgan fingerprint density at radius 3 is 2.19 bits per heavy atom. The van der Waals surface area contributed by atoms with Crippen molar-refractivity contribution in [2.75, 3.05) is 6.61 Å². The molecule has 3 rings (SSSR count). The highest BCUT2D eigenvalue weighted by Crippen LogP contribution is 2.76. The topological polar surface area (TPSA) is 90.2 Å². The number of rotatable bonds is 1. The number of ether oxygens (including phenoxy) is 1. The van der Waals surface area contributed by atoms with Crippen LogP contribution in [0.5, 0.6) is 0 Å². The van der Waals surface area contributed by atoms with Gasteiger partial charge in [0.25, 0.3) is 0 Å². The van der Waals surface area contributed by atoms with E-state index in [2.05, 4.69) is 0 Å². The fourth-order valence-corrected chi connectivity index (χ4v) is 3.90. The van der Waals surface area contributed by atoms with Crippen molar-refractivity contribution in [2.24, 2.45) is 5.41 Å². The minimum absolute atomic E-state index is 0.387. The molecule has 0 aromatic rings. The molecule has 3 aliphatic rings. The first-order chi connectivity index (χ1) is 7.53. The van der Waals surface area contributed by atoms with Crippen LogP contribution in [0.4, 0.5) is 0 Å². The normalized spacial score (nSPS) is 54.0. The summed E-state index contributed by atoms with van der Waals surface area (Å²) in [5.74, 6) is -1.65. The Balaban J connectivity index is 1.93. The summed E-state index contributed by atoms with van der Waals surface area (Å²) in [6.07, 6.45) is 2.25. The van der Waals surface area contributed by atoms with Crippen molar-refractivity contribution in [3.05, 3.63) is 0 Å². The lowest BCUT2D eigenvalue weighted by Gasteiger charge is -2.31. The number of hydrogen-bond acceptors (Lipinski definition) is 5. The van der Waals surface area contributed by atoms with Crippen molar-refractivity contribution in [1.82, 2.24) is 0 Å². The number of aliphatic hydroxyl groups is 4. The number of aliphatic hydroxyl groups excluding tert-OH is 2. The summed E-state index contributed by atoms with van der Waals surface area (Å²) >= 11 is 0. The Bertz CT molecular complexity index is 313. The Hall–Kier alpha value is -0.200. The van der Waals surface area contributed by atoms with E-state index in [1.807, 2.05) is 0 Å². The van der Waals surface area contributed by atoms with Crippen LogP contribution in [-0.2, 0) is 4.74 Å². The number of fused-ring (bicyclic) bond motifs is 3. The first-order valence-corrected chi connectivity index (χ1v) is 5.95. The Morgan fingerprint density at radius 2 is 1.75 bits per heavy atom. The summed E-state index contributed by atoms with van der Waals surface area (Å²) in [5.41, 5.74) is -2.28. The van der Waals surface area contributed by atoms with Gasteiger partial charge in [0.1, 0.15) is 12.2 Å². The third kappa shape index (κ3) is 0.843. The maximum atomic E-state index is 10.4. The predicted octanol–water partition coefficient (Wildman–Crippen LogP) is -0.878. The summed E-state index contributed by atoms with van der Waals surface area (Å²) in [5, 5.41) is 39.7. The largest absolute Gasteiger partial charge is 0.394 e. The molecule has 2 saturated carbocycles. The second-order valence-electron chi connectivity index (χ2n) is 5.34. The quantitative estimate of drug-likeness (QED) is 0.470. The van der Waals surface area contributed by atoms with E-state index in [1.165, 1.54) is 0 Å². The van der Waals surface area contributed by atoms with Gasteiger partial charge in [-0.1, -0.05) is 19.3 Å². The molecule has 1 spiro atoms. The maximum absolute atomic E-state index is 10.4. The van der Waals surface area contributed by atoms with Gasteiger partial charge in [-0.25, -0.2) is 0 Å². The highest BCUT2D eigenvalue weighted by Gasteiger charge is 2.94. The van der Waals surface area contributed by atoms with Gasteiger partial charge in [0, 0.05) is 0 Å². The molecule has 5 heteroatoms. The van der Waals surface area contributed by atoms with Crippen molar-refractivity contribution in [2.45, 2.75) is 55.7 Å². The fraction of sp³-hybridized carbons (Fsp3) is 1.00. The van der Waals surface area contributed by atoms with Crippen LogP contribution in [0, 0.1) is 5.41 Å². The second kappa shape index (κ2) is 2.97. The average molecular weight is 230 g/mol. The minimum atomic E-state index is -1.65. The molecule has 1 aliphatic heterocycles. The van der Waals surface area contributed by atoms with Gasteiger partial charge in [0.15, 0.2) is 5.60 Å². The smallest absolute Gasteiger partial charge is 0.207 e. The van der Waals surface area contributed by atoms with Crippen molar-refractivity contribution in [3.63, 3.8) is 0 Å². The van der Waals surface area contributed by atoms with Crippen molar-refractivity contribution in [3.8, 4) is 0 Å². The molecule has 4 atom stereocenters. The van der Waals surface area contributed by atoms with E-state index in [-0.39, 0.29) is 6.61 Å². The monoisotopic (exact) mass is 230 g/mol. The highest BCUT2D eigenvalue weighted by molar-refractivity contribution is 5.37. The van der Waals surface area contributed by atoms with E-state index in [1.54, 1.807) is 0 Å². The first kappa shape index (κ1) is 10.9. The van der Waals surface area contributed by atoms with Crippen LogP contribution in [0.15, 0.2) is 0 Å². The average Bonchev–Trinajstić information content (AvgIpc) is 2.58. The molecule has 1 unspecified atom stereocenters. The van der Waals surface area contributed by atoms with E-state index < -0.39 is 29.0 Å². The lowest BCUT2D eigenvalue weighted by Crippen LogP contribution is -2.43. The van der Waals surface area contributed by atoms with Gasteiger partial charge >= 0.3 is 0 Å². The summed E-state index contributed by atoms with van der Waals surface area (Å²) in [6, 6.07) is 0. The molecule has 0 bridgehead atoms. The molecule has 0 aromatic carbocycles. The Labute approximate surface area is 93.7 Å². The molecule has 2 aliphatic carbocycles. The molecule has 16 heavy (non-hydrogen) atoms. The van der Waals surface area contributed by atoms with Gasteiger partial charge in [-0.2, -0.15) is 0 Å².